The summed E-state index contributed by atoms with van der Waals surface area (Å²) in [7, 11) is -3.15. The van der Waals surface area contributed by atoms with Crippen LogP contribution in [0.25, 0.3) is 0 Å². The van der Waals surface area contributed by atoms with Crippen molar-refractivity contribution in [2.45, 2.75) is 25.4 Å². The summed E-state index contributed by atoms with van der Waals surface area (Å²) in [6.45, 7) is 1.33. The largest absolute Gasteiger partial charge is 0.394 e. The molecule has 0 aromatic carbocycles. The van der Waals surface area contributed by atoms with Crippen LogP contribution in [0.1, 0.15) is 19.3 Å². The first kappa shape index (κ1) is 15.2. The highest BCUT2D eigenvalue weighted by molar-refractivity contribution is 7.89. The van der Waals surface area contributed by atoms with Gasteiger partial charge in [-0.2, -0.15) is 0 Å². The van der Waals surface area contributed by atoms with E-state index in [9.17, 15) is 8.42 Å². The standard InChI is InChI=1S/C10H20ClNO4S/c11-4-1-9-17(14,15)12-5-2-10(3-6-12)16-8-7-13/h10,13H,1-9H2. The number of aliphatic hydroxyl groups is 1. The van der Waals surface area contributed by atoms with Crippen LogP contribution in [-0.2, 0) is 14.8 Å². The zero-order chi connectivity index (χ0) is 12.7. The number of rotatable bonds is 7. The van der Waals surface area contributed by atoms with Crippen LogP contribution in [-0.4, -0.2) is 61.9 Å². The first-order valence-corrected chi connectivity index (χ1v) is 8.01. The van der Waals surface area contributed by atoms with E-state index in [-0.39, 0.29) is 18.5 Å². The zero-order valence-electron chi connectivity index (χ0n) is 9.85. The topological polar surface area (TPSA) is 66.8 Å². The van der Waals surface area contributed by atoms with E-state index >= 15 is 0 Å². The predicted molar refractivity (Wildman–Crippen MR) is 66.8 cm³/mol. The van der Waals surface area contributed by atoms with E-state index in [1.807, 2.05) is 0 Å². The first-order chi connectivity index (χ1) is 8.10. The van der Waals surface area contributed by atoms with E-state index < -0.39 is 10.0 Å². The van der Waals surface area contributed by atoms with Gasteiger partial charge in [-0.1, -0.05) is 0 Å². The Morgan fingerprint density at radius 1 is 1.35 bits per heavy atom. The number of hydrogen-bond acceptors (Lipinski definition) is 4. The lowest BCUT2D eigenvalue weighted by molar-refractivity contribution is 0.00319. The molecule has 1 fully saturated rings. The lowest BCUT2D eigenvalue weighted by atomic mass is 10.1. The van der Waals surface area contributed by atoms with E-state index in [0.717, 1.165) is 0 Å². The van der Waals surface area contributed by atoms with Gasteiger partial charge in [0.25, 0.3) is 0 Å². The van der Waals surface area contributed by atoms with Crippen LogP contribution in [0.4, 0.5) is 0 Å². The van der Waals surface area contributed by atoms with Crippen LogP contribution >= 0.6 is 11.6 Å². The van der Waals surface area contributed by atoms with Gasteiger partial charge >= 0.3 is 0 Å². The Bertz CT molecular complexity index is 301. The van der Waals surface area contributed by atoms with Crippen LogP contribution < -0.4 is 0 Å². The van der Waals surface area contributed by atoms with Gasteiger partial charge < -0.3 is 9.84 Å². The van der Waals surface area contributed by atoms with E-state index in [1.54, 1.807) is 0 Å². The van der Waals surface area contributed by atoms with Gasteiger partial charge in [-0.05, 0) is 19.3 Å². The molecule has 0 aromatic heterocycles. The van der Waals surface area contributed by atoms with Gasteiger partial charge in [0.15, 0.2) is 0 Å². The molecule has 0 bridgehead atoms. The molecule has 17 heavy (non-hydrogen) atoms. The fraction of sp³-hybridized carbons (Fsp3) is 1.00. The van der Waals surface area contributed by atoms with Crippen molar-refractivity contribution < 1.29 is 18.3 Å². The molecule has 0 aliphatic carbocycles. The van der Waals surface area contributed by atoms with Crippen molar-refractivity contribution in [2.75, 3.05) is 37.9 Å². The molecule has 1 N–H and O–H groups in total. The summed E-state index contributed by atoms with van der Waals surface area (Å²) in [5.74, 6) is 0.494. The van der Waals surface area contributed by atoms with Crippen molar-refractivity contribution in [1.29, 1.82) is 0 Å². The minimum Gasteiger partial charge on any atom is -0.394 e. The molecular weight excluding hydrogens is 266 g/mol. The Morgan fingerprint density at radius 2 is 2.00 bits per heavy atom. The number of hydrogen-bond donors (Lipinski definition) is 1. The smallest absolute Gasteiger partial charge is 0.214 e. The normalized spacial score (nSPS) is 19.6. The number of ether oxygens (including phenoxy) is 1. The number of nitrogens with zero attached hydrogens (tertiary/aromatic N) is 1. The van der Waals surface area contributed by atoms with Gasteiger partial charge in [-0.15, -0.1) is 11.6 Å². The van der Waals surface area contributed by atoms with Crippen LogP contribution in [0.15, 0.2) is 0 Å². The second-order valence-electron chi connectivity index (χ2n) is 4.05. The second-order valence-corrected chi connectivity index (χ2v) is 6.52. The average Bonchev–Trinajstić information content (AvgIpc) is 2.34. The molecule has 0 amide bonds. The lowest BCUT2D eigenvalue weighted by Crippen LogP contribution is -2.42. The monoisotopic (exact) mass is 285 g/mol. The minimum atomic E-state index is -3.15. The summed E-state index contributed by atoms with van der Waals surface area (Å²) < 4.78 is 30.6. The molecule has 1 saturated heterocycles. The summed E-state index contributed by atoms with van der Waals surface area (Å²) in [5.41, 5.74) is 0. The third kappa shape index (κ3) is 5.09. The predicted octanol–water partition coefficient (Wildman–Crippen LogP) is 0.418. The Labute approximate surface area is 108 Å². The van der Waals surface area contributed by atoms with Gasteiger partial charge in [-0.3, -0.25) is 0 Å². The lowest BCUT2D eigenvalue weighted by Gasteiger charge is -2.31. The maximum atomic E-state index is 11.9. The van der Waals surface area contributed by atoms with Crippen molar-refractivity contribution in [2.24, 2.45) is 0 Å². The summed E-state index contributed by atoms with van der Waals surface area (Å²) >= 11 is 5.50. The number of aliphatic hydroxyl groups excluding tert-OH is 1. The van der Waals surface area contributed by atoms with E-state index in [4.69, 9.17) is 21.4 Å². The molecule has 1 rings (SSSR count). The third-order valence-electron chi connectivity index (χ3n) is 2.78. The third-order valence-corrected chi connectivity index (χ3v) is 5.00. The van der Waals surface area contributed by atoms with Gasteiger partial charge in [-0.25, -0.2) is 12.7 Å². The Morgan fingerprint density at radius 3 is 2.53 bits per heavy atom. The molecule has 0 radical (unpaired) electrons. The van der Waals surface area contributed by atoms with Gasteiger partial charge in [0.1, 0.15) is 0 Å². The molecule has 7 heteroatoms. The van der Waals surface area contributed by atoms with Gasteiger partial charge in [0, 0.05) is 19.0 Å². The average molecular weight is 286 g/mol. The first-order valence-electron chi connectivity index (χ1n) is 5.86. The van der Waals surface area contributed by atoms with E-state index in [1.165, 1.54) is 4.31 Å². The SMILES string of the molecule is O=S(=O)(CCCCl)N1CCC(OCCO)CC1. The number of alkyl halides is 1. The summed E-state index contributed by atoms with van der Waals surface area (Å²) in [6, 6.07) is 0. The zero-order valence-corrected chi connectivity index (χ0v) is 11.4. The molecule has 5 nitrogen and oxygen atoms in total. The van der Waals surface area contributed by atoms with Crippen LogP contribution in [0.5, 0.6) is 0 Å². The Kier molecular flexibility index (Phi) is 6.72. The highest BCUT2D eigenvalue weighted by Crippen LogP contribution is 2.17. The number of halogens is 1. The molecule has 1 aliphatic heterocycles. The summed E-state index contributed by atoms with van der Waals surface area (Å²) in [6.07, 6.45) is 1.95. The molecule has 1 aliphatic rings. The highest BCUT2D eigenvalue weighted by atomic mass is 35.5. The molecular formula is C10H20ClNO4S. The Hall–Kier alpha value is 0.120. The summed E-state index contributed by atoms with van der Waals surface area (Å²) in [4.78, 5) is 0. The van der Waals surface area contributed by atoms with Crippen LogP contribution in [0.3, 0.4) is 0 Å². The molecule has 0 atom stereocenters. The summed E-state index contributed by atoms with van der Waals surface area (Å²) in [5, 5.41) is 8.63. The molecule has 102 valence electrons. The quantitative estimate of drug-likeness (QED) is 0.689. The van der Waals surface area contributed by atoms with Crippen LogP contribution in [0.2, 0.25) is 0 Å². The van der Waals surface area contributed by atoms with Gasteiger partial charge in [0.2, 0.25) is 10.0 Å². The highest BCUT2D eigenvalue weighted by Gasteiger charge is 2.27. The molecule has 0 saturated carbocycles. The number of sulfonamides is 1. The van der Waals surface area contributed by atoms with Crippen molar-refractivity contribution in [3.8, 4) is 0 Å². The van der Waals surface area contributed by atoms with Crippen LogP contribution in [0, 0.1) is 0 Å². The van der Waals surface area contributed by atoms with Gasteiger partial charge in [0.05, 0.1) is 25.1 Å². The molecule has 1 heterocycles. The maximum absolute atomic E-state index is 11.9. The van der Waals surface area contributed by atoms with Crippen molar-refractivity contribution in [3.63, 3.8) is 0 Å². The molecule has 0 unspecified atom stereocenters. The fourth-order valence-electron chi connectivity index (χ4n) is 1.86. The second kappa shape index (κ2) is 7.53. The van der Waals surface area contributed by atoms with Crippen molar-refractivity contribution in [3.05, 3.63) is 0 Å². The number of piperidine rings is 1. The van der Waals surface area contributed by atoms with E-state index in [2.05, 4.69) is 0 Å². The molecule has 0 aromatic rings. The van der Waals surface area contributed by atoms with Crippen molar-refractivity contribution in [1.82, 2.24) is 4.31 Å². The maximum Gasteiger partial charge on any atom is 0.214 e. The minimum absolute atomic E-state index is 0.00817. The molecule has 0 spiro atoms. The van der Waals surface area contributed by atoms with E-state index in [0.29, 0.717) is 44.8 Å². The van der Waals surface area contributed by atoms with Crippen molar-refractivity contribution >= 4 is 21.6 Å². The Balaban J connectivity index is 2.35. The fourth-order valence-corrected chi connectivity index (χ4v) is 3.69.